The third kappa shape index (κ3) is 4.81. The van der Waals surface area contributed by atoms with Gasteiger partial charge < -0.3 is 14.7 Å². The first kappa shape index (κ1) is 15.2. The number of hydrogen-bond donors (Lipinski definition) is 1. The van der Waals surface area contributed by atoms with Crippen LogP contribution in [-0.2, 0) is 9.53 Å². The maximum atomic E-state index is 12.5. The molecule has 18 heavy (non-hydrogen) atoms. The molecule has 0 radical (unpaired) electrons. The van der Waals surface area contributed by atoms with Crippen molar-refractivity contribution in [3.63, 3.8) is 0 Å². The van der Waals surface area contributed by atoms with Crippen LogP contribution in [0.5, 0.6) is 0 Å². The number of carbonyl (C=O) groups is 1. The monoisotopic (exact) mass is 269 g/mol. The van der Waals surface area contributed by atoms with Gasteiger partial charge in [-0.2, -0.15) is 13.2 Å². The summed E-state index contributed by atoms with van der Waals surface area (Å²) in [7, 11) is 1.52. The van der Waals surface area contributed by atoms with E-state index in [1.165, 1.54) is 11.9 Å². The maximum absolute atomic E-state index is 12.5. The van der Waals surface area contributed by atoms with Crippen LogP contribution >= 0.6 is 0 Å². The van der Waals surface area contributed by atoms with Crippen LogP contribution in [0.3, 0.4) is 0 Å². The smallest absolute Gasteiger partial charge is 0.403 e. The van der Waals surface area contributed by atoms with E-state index in [2.05, 4.69) is 0 Å². The Morgan fingerprint density at radius 1 is 1.44 bits per heavy atom. The molecule has 0 spiro atoms. The Kier molecular flexibility index (Phi) is 5.40. The lowest BCUT2D eigenvalue weighted by Crippen LogP contribution is -2.41. The molecule has 1 unspecified atom stereocenters. The van der Waals surface area contributed by atoms with Crippen LogP contribution in [0.1, 0.15) is 12.8 Å². The third-order valence-corrected chi connectivity index (χ3v) is 3.10. The molecule has 0 saturated carbocycles. The number of alkyl halides is 3. The van der Waals surface area contributed by atoms with Gasteiger partial charge in [0.25, 0.3) is 0 Å². The number of rotatable bonds is 5. The summed E-state index contributed by atoms with van der Waals surface area (Å²) in [5, 5.41) is 8.60. The second kappa shape index (κ2) is 6.38. The summed E-state index contributed by atoms with van der Waals surface area (Å²) < 4.78 is 42.6. The molecule has 0 amide bonds. The van der Waals surface area contributed by atoms with Crippen molar-refractivity contribution < 1.29 is 27.8 Å². The van der Waals surface area contributed by atoms with Gasteiger partial charge in [-0.25, -0.2) is 0 Å². The fourth-order valence-electron chi connectivity index (χ4n) is 2.08. The van der Waals surface area contributed by atoms with Gasteiger partial charge in [0.2, 0.25) is 0 Å². The topological polar surface area (TPSA) is 49.8 Å². The fraction of sp³-hybridized carbons (Fsp3) is 0.909. The minimum atomic E-state index is -4.70. The summed E-state index contributed by atoms with van der Waals surface area (Å²) >= 11 is 0. The van der Waals surface area contributed by atoms with E-state index in [1.54, 1.807) is 0 Å². The second-order valence-corrected chi connectivity index (χ2v) is 4.71. The minimum absolute atomic E-state index is 0.284. The van der Waals surface area contributed by atoms with E-state index in [-0.39, 0.29) is 5.92 Å². The lowest BCUT2D eigenvalue weighted by molar-refractivity contribution is -0.196. The first-order valence-electron chi connectivity index (χ1n) is 5.86. The fourth-order valence-corrected chi connectivity index (χ4v) is 2.08. The first-order valence-corrected chi connectivity index (χ1v) is 5.86. The Labute approximate surface area is 104 Å². The molecule has 1 saturated heterocycles. The maximum Gasteiger partial charge on any atom is 0.403 e. The molecule has 7 heteroatoms. The van der Waals surface area contributed by atoms with Crippen molar-refractivity contribution in [1.82, 2.24) is 4.90 Å². The number of aliphatic carboxylic acids is 1. The number of ether oxygens (including phenoxy) is 1. The van der Waals surface area contributed by atoms with Crippen LogP contribution in [0.2, 0.25) is 0 Å². The molecule has 1 atom stereocenters. The Morgan fingerprint density at radius 2 is 2.00 bits per heavy atom. The largest absolute Gasteiger partial charge is 0.481 e. The third-order valence-electron chi connectivity index (χ3n) is 3.10. The number of halogens is 3. The average Bonchev–Trinajstić information content (AvgIpc) is 2.25. The molecule has 106 valence electrons. The Morgan fingerprint density at radius 3 is 2.44 bits per heavy atom. The van der Waals surface area contributed by atoms with Gasteiger partial charge in [-0.3, -0.25) is 4.79 Å². The van der Waals surface area contributed by atoms with Crippen molar-refractivity contribution in [2.45, 2.75) is 19.0 Å². The van der Waals surface area contributed by atoms with E-state index >= 15 is 0 Å². The van der Waals surface area contributed by atoms with Crippen molar-refractivity contribution in [3.8, 4) is 0 Å². The first-order chi connectivity index (χ1) is 8.30. The normalized spacial score (nSPS) is 20.1. The van der Waals surface area contributed by atoms with Crippen LogP contribution in [0, 0.1) is 11.8 Å². The van der Waals surface area contributed by atoms with Crippen LogP contribution in [-0.4, -0.2) is 55.5 Å². The van der Waals surface area contributed by atoms with Gasteiger partial charge in [0, 0.05) is 26.3 Å². The van der Waals surface area contributed by atoms with Crippen molar-refractivity contribution >= 4 is 5.97 Å². The molecule has 1 N–H and O–H groups in total. The van der Waals surface area contributed by atoms with Crippen molar-refractivity contribution in [1.29, 1.82) is 0 Å². The van der Waals surface area contributed by atoms with Crippen molar-refractivity contribution in [2.24, 2.45) is 11.8 Å². The molecule has 1 heterocycles. The summed E-state index contributed by atoms with van der Waals surface area (Å²) in [5.74, 6) is -3.85. The number of carboxylic acids is 1. The van der Waals surface area contributed by atoms with Crippen LogP contribution in [0.25, 0.3) is 0 Å². The van der Waals surface area contributed by atoms with E-state index in [0.717, 1.165) is 12.8 Å². The van der Waals surface area contributed by atoms with Gasteiger partial charge in [0.05, 0.1) is 0 Å². The minimum Gasteiger partial charge on any atom is -0.481 e. The van der Waals surface area contributed by atoms with E-state index in [0.29, 0.717) is 19.8 Å². The summed E-state index contributed by atoms with van der Waals surface area (Å²) in [6.07, 6.45) is -3.07. The van der Waals surface area contributed by atoms with Crippen LogP contribution in [0.4, 0.5) is 13.2 Å². The molecule has 1 rings (SSSR count). The quantitative estimate of drug-likeness (QED) is 0.823. The molecular formula is C11H18F3NO3. The summed E-state index contributed by atoms with van der Waals surface area (Å²) in [5.41, 5.74) is 0. The van der Waals surface area contributed by atoms with Gasteiger partial charge >= 0.3 is 12.1 Å². The average molecular weight is 269 g/mol. The highest BCUT2D eigenvalue weighted by Gasteiger charge is 2.45. The summed E-state index contributed by atoms with van der Waals surface area (Å²) in [4.78, 5) is 12.1. The Bertz CT molecular complexity index is 277. The number of carboxylic acid groups (broad SMARTS) is 1. The lowest BCUT2D eigenvalue weighted by Gasteiger charge is -2.29. The molecule has 4 nitrogen and oxygen atoms in total. The van der Waals surface area contributed by atoms with E-state index < -0.39 is 24.6 Å². The molecule has 1 aliphatic heterocycles. The molecule has 0 aromatic heterocycles. The molecule has 1 aliphatic rings. The predicted octanol–water partition coefficient (Wildman–Crippen LogP) is 1.61. The number of hydrogen-bond acceptors (Lipinski definition) is 3. The van der Waals surface area contributed by atoms with Crippen LogP contribution < -0.4 is 0 Å². The molecular weight excluding hydrogens is 251 g/mol. The second-order valence-electron chi connectivity index (χ2n) is 4.71. The zero-order valence-electron chi connectivity index (χ0n) is 10.2. The van der Waals surface area contributed by atoms with E-state index in [1.807, 2.05) is 0 Å². The zero-order valence-corrected chi connectivity index (χ0v) is 10.2. The zero-order chi connectivity index (χ0) is 13.8. The van der Waals surface area contributed by atoms with Gasteiger partial charge in [-0.1, -0.05) is 0 Å². The molecule has 0 aromatic rings. The van der Waals surface area contributed by atoms with Gasteiger partial charge in [0.1, 0.15) is 0 Å². The highest BCUT2D eigenvalue weighted by Crippen LogP contribution is 2.27. The summed E-state index contributed by atoms with van der Waals surface area (Å²) in [6, 6.07) is 0. The molecule has 0 aliphatic carbocycles. The molecule has 0 aromatic carbocycles. The van der Waals surface area contributed by atoms with E-state index in [9.17, 15) is 18.0 Å². The van der Waals surface area contributed by atoms with E-state index in [4.69, 9.17) is 9.84 Å². The molecule has 1 fully saturated rings. The van der Waals surface area contributed by atoms with Gasteiger partial charge in [0.15, 0.2) is 5.92 Å². The SMILES string of the molecule is CN(CC1CCOCC1)CC(C(=O)O)C(F)(F)F. The van der Waals surface area contributed by atoms with Gasteiger partial charge in [-0.05, 0) is 25.8 Å². The highest BCUT2D eigenvalue weighted by molar-refractivity contribution is 5.71. The lowest BCUT2D eigenvalue weighted by atomic mass is 9.99. The van der Waals surface area contributed by atoms with Gasteiger partial charge in [-0.15, -0.1) is 0 Å². The standard InChI is InChI=1S/C11H18F3NO3/c1-15(6-8-2-4-18-5-3-8)7-9(10(16)17)11(12,13)14/h8-9H,2-7H2,1H3,(H,16,17). The summed E-state index contributed by atoms with van der Waals surface area (Å²) in [6.45, 7) is 1.22. The predicted molar refractivity (Wildman–Crippen MR) is 58.2 cm³/mol. The number of nitrogens with zero attached hydrogens (tertiary/aromatic N) is 1. The Hall–Kier alpha value is -0.820. The Balaban J connectivity index is 2.45. The van der Waals surface area contributed by atoms with Crippen molar-refractivity contribution in [2.75, 3.05) is 33.4 Å². The molecule has 0 bridgehead atoms. The highest BCUT2D eigenvalue weighted by atomic mass is 19.4. The van der Waals surface area contributed by atoms with Crippen molar-refractivity contribution in [3.05, 3.63) is 0 Å². The van der Waals surface area contributed by atoms with Crippen LogP contribution in [0.15, 0.2) is 0 Å².